The van der Waals surface area contributed by atoms with Crippen molar-refractivity contribution in [3.63, 3.8) is 0 Å². The molecule has 29 heavy (non-hydrogen) atoms. The van der Waals surface area contributed by atoms with E-state index in [0.717, 1.165) is 5.56 Å². The summed E-state index contributed by atoms with van der Waals surface area (Å²) in [7, 11) is 0. The molecule has 0 bridgehead atoms. The van der Waals surface area contributed by atoms with Crippen LogP contribution in [-0.2, 0) is 4.74 Å². The Labute approximate surface area is 173 Å². The number of rotatable bonds is 7. The molecule has 0 aromatic heterocycles. The van der Waals surface area contributed by atoms with Crippen molar-refractivity contribution in [1.29, 1.82) is 0 Å². The van der Waals surface area contributed by atoms with Gasteiger partial charge in [-0.3, -0.25) is 0 Å². The van der Waals surface area contributed by atoms with E-state index in [9.17, 15) is 14.7 Å². The summed E-state index contributed by atoms with van der Waals surface area (Å²) in [5.41, 5.74) is 4.67. The number of carbonyl (C=O) groups is 2. The molecule has 0 unspecified atom stereocenters. The Hall–Kier alpha value is -2.62. The summed E-state index contributed by atoms with van der Waals surface area (Å²) < 4.78 is 5.79. The van der Waals surface area contributed by atoms with Gasteiger partial charge in [0, 0.05) is 0 Å². The minimum Gasteiger partial charge on any atom is -0.478 e. The van der Waals surface area contributed by atoms with Gasteiger partial charge in [0.05, 0.1) is 11.1 Å². The Morgan fingerprint density at radius 2 is 1.28 bits per heavy atom. The van der Waals surface area contributed by atoms with Crippen LogP contribution in [0, 0.1) is 0 Å². The molecule has 2 rings (SSSR count). The molecule has 4 nitrogen and oxygen atoms in total. The van der Waals surface area contributed by atoms with Gasteiger partial charge in [0.15, 0.2) is 0 Å². The fourth-order valence-corrected chi connectivity index (χ4v) is 3.61. The van der Waals surface area contributed by atoms with Crippen molar-refractivity contribution in [3.05, 3.63) is 69.8 Å². The molecule has 0 saturated heterocycles. The molecule has 1 N–H and O–H groups in total. The first kappa shape index (κ1) is 22.7. The minimum absolute atomic E-state index is 0.0481. The second-order valence-electron chi connectivity index (χ2n) is 8.48. The third-order valence-electron chi connectivity index (χ3n) is 5.24. The van der Waals surface area contributed by atoms with E-state index in [4.69, 9.17) is 4.74 Å². The zero-order valence-electron chi connectivity index (χ0n) is 18.4. The Morgan fingerprint density at radius 3 is 1.69 bits per heavy atom. The van der Waals surface area contributed by atoms with Crippen molar-refractivity contribution in [2.75, 3.05) is 0 Å². The van der Waals surface area contributed by atoms with Crippen LogP contribution in [0.25, 0.3) is 0 Å². The maximum atomic E-state index is 12.8. The van der Waals surface area contributed by atoms with Crippen molar-refractivity contribution in [3.8, 4) is 0 Å². The van der Waals surface area contributed by atoms with Gasteiger partial charge in [0.1, 0.15) is 6.10 Å². The van der Waals surface area contributed by atoms with Gasteiger partial charge in [0.2, 0.25) is 0 Å². The summed E-state index contributed by atoms with van der Waals surface area (Å²) in [6.07, 6.45) is -0.486. The number of benzene rings is 2. The molecule has 0 heterocycles. The van der Waals surface area contributed by atoms with E-state index in [-0.39, 0.29) is 23.0 Å². The number of carboxylic acids is 1. The summed E-state index contributed by atoms with van der Waals surface area (Å²) in [6.45, 7) is 14.8. The van der Waals surface area contributed by atoms with Gasteiger partial charge >= 0.3 is 11.9 Å². The SMILES string of the molecule is CC(C)c1cc(C(C)C)c([C@H](C)OC(=O)c2ccccc2C(=O)O)c(C(C)C)c1. The van der Waals surface area contributed by atoms with E-state index in [1.807, 2.05) is 6.92 Å². The molecule has 2 aromatic carbocycles. The second kappa shape index (κ2) is 9.25. The zero-order chi connectivity index (χ0) is 21.9. The van der Waals surface area contributed by atoms with E-state index in [2.05, 4.69) is 53.7 Å². The maximum Gasteiger partial charge on any atom is 0.339 e. The lowest BCUT2D eigenvalue weighted by Crippen LogP contribution is -2.17. The largest absolute Gasteiger partial charge is 0.478 e. The fraction of sp³-hybridized carbons (Fsp3) is 0.440. The summed E-state index contributed by atoms with van der Waals surface area (Å²) in [4.78, 5) is 24.3. The molecule has 0 amide bonds. The highest BCUT2D eigenvalue weighted by molar-refractivity contribution is 6.02. The van der Waals surface area contributed by atoms with Gasteiger partial charge in [-0.25, -0.2) is 9.59 Å². The van der Waals surface area contributed by atoms with Crippen LogP contribution in [0.2, 0.25) is 0 Å². The van der Waals surface area contributed by atoms with E-state index >= 15 is 0 Å². The average Bonchev–Trinajstić information content (AvgIpc) is 2.66. The fourth-order valence-electron chi connectivity index (χ4n) is 3.61. The van der Waals surface area contributed by atoms with Crippen LogP contribution >= 0.6 is 0 Å². The molecule has 1 atom stereocenters. The molecule has 0 radical (unpaired) electrons. The first-order valence-corrected chi connectivity index (χ1v) is 10.2. The Kier molecular flexibility index (Phi) is 7.23. The van der Waals surface area contributed by atoms with Gasteiger partial charge in [-0.05, 0) is 59.1 Å². The zero-order valence-corrected chi connectivity index (χ0v) is 18.4. The highest BCUT2D eigenvalue weighted by Crippen LogP contribution is 2.37. The number of carbonyl (C=O) groups excluding carboxylic acids is 1. The van der Waals surface area contributed by atoms with Crippen LogP contribution in [0.4, 0.5) is 0 Å². The average molecular weight is 397 g/mol. The van der Waals surface area contributed by atoms with Gasteiger partial charge in [-0.1, -0.05) is 65.8 Å². The van der Waals surface area contributed by atoms with Crippen molar-refractivity contribution >= 4 is 11.9 Å². The van der Waals surface area contributed by atoms with Gasteiger partial charge in [0.25, 0.3) is 0 Å². The topological polar surface area (TPSA) is 63.6 Å². The Bertz CT molecular complexity index is 864. The molecular weight excluding hydrogens is 364 g/mol. The van der Waals surface area contributed by atoms with Crippen molar-refractivity contribution in [2.24, 2.45) is 0 Å². The molecule has 0 saturated carbocycles. The molecule has 0 aliphatic carbocycles. The quantitative estimate of drug-likeness (QED) is 0.531. The standard InChI is InChI=1S/C25H32O4/c1-14(2)18-12-21(15(3)4)23(22(13-18)16(5)6)17(7)29-25(28)20-11-9-8-10-19(20)24(26)27/h8-17H,1-7H3,(H,26,27)/t17-/m0/s1. The first-order valence-electron chi connectivity index (χ1n) is 10.2. The van der Waals surface area contributed by atoms with Gasteiger partial charge in [-0.2, -0.15) is 0 Å². The Balaban J connectivity index is 2.51. The van der Waals surface area contributed by atoms with Crippen molar-refractivity contribution < 1.29 is 19.4 Å². The molecule has 0 aliphatic heterocycles. The molecule has 0 spiro atoms. The van der Waals surface area contributed by atoms with Gasteiger partial charge in [-0.15, -0.1) is 0 Å². The third kappa shape index (κ3) is 5.06. The summed E-state index contributed by atoms with van der Waals surface area (Å²) in [5.74, 6) is -0.813. The number of aromatic carboxylic acids is 1. The number of esters is 1. The van der Waals surface area contributed by atoms with Crippen LogP contribution in [0.1, 0.15) is 115 Å². The number of ether oxygens (including phenoxy) is 1. The van der Waals surface area contributed by atoms with Crippen LogP contribution in [0.3, 0.4) is 0 Å². The van der Waals surface area contributed by atoms with Gasteiger partial charge < -0.3 is 9.84 Å². The number of hydrogen-bond acceptors (Lipinski definition) is 3. The van der Waals surface area contributed by atoms with Crippen molar-refractivity contribution in [1.82, 2.24) is 0 Å². The lowest BCUT2D eigenvalue weighted by molar-refractivity contribution is 0.0327. The summed E-state index contributed by atoms with van der Waals surface area (Å²) in [6, 6.07) is 10.6. The lowest BCUT2D eigenvalue weighted by Gasteiger charge is -2.26. The summed E-state index contributed by atoms with van der Waals surface area (Å²) in [5, 5.41) is 9.37. The van der Waals surface area contributed by atoms with E-state index in [1.54, 1.807) is 12.1 Å². The summed E-state index contributed by atoms with van der Waals surface area (Å²) >= 11 is 0. The van der Waals surface area contributed by atoms with E-state index in [1.165, 1.54) is 28.8 Å². The maximum absolute atomic E-state index is 12.8. The molecule has 4 heteroatoms. The molecule has 156 valence electrons. The van der Waals surface area contributed by atoms with Crippen LogP contribution in [0.15, 0.2) is 36.4 Å². The Morgan fingerprint density at radius 1 is 0.793 bits per heavy atom. The van der Waals surface area contributed by atoms with Crippen molar-refractivity contribution in [2.45, 2.75) is 72.3 Å². The van der Waals surface area contributed by atoms with Crippen LogP contribution < -0.4 is 0 Å². The molecule has 2 aromatic rings. The monoisotopic (exact) mass is 396 g/mol. The predicted octanol–water partition coefficient (Wildman–Crippen LogP) is 6.67. The van der Waals surface area contributed by atoms with Crippen LogP contribution in [0.5, 0.6) is 0 Å². The van der Waals surface area contributed by atoms with E-state index in [0.29, 0.717) is 5.92 Å². The highest BCUT2D eigenvalue weighted by Gasteiger charge is 2.25. The highest BCUT2D eigenvalue weighted by atomic mass is 16.5. The van der Waals surface area contributed by atoms with E-state index < -0.39 is 18.0 Å². The minimum atomic E-state index is -1.14. The molecular formula is C25H32O4. The molecule has 0 fully saturated rings. The van der Waals surface area contributed by atoms with Crippen LogP contribution in [-0.4, -0.2) is 17.0 Å². The lowest BCUT2D eigenvalue weighted by atomic mass is 9.82. The number of carboxylic acid groups (broad SMARTS) is 1. The number of hydrogen-bond donors (Lipinski definition) is 1. The third-order valence-corrected chi connectivity index (χ3v) is 5.24. The predicted molar refractivity (Wildman–Crippen MR) is 116 cm³/mol. The normalized spacial score (nSPS) is 12.5. The smallest absolute Gasteiger partial charge is 0.339 e. The first-order chi connectivity index (χ1) is 13.5. The second-order valence-corrected chi connectivity index (χ2v) is 8.48. The molecule has 0 aliphatic rings.